The van der Waals surface area contributed by atoms with Gasteiger partial charge in [-0.05, 0) is 31.0 Å². The minimum absolute atomic E-state index is 0.794. The summed E-state index contributed by atoms with van der Waals surface area (Å²) in [7, 11) is 3.37. The highest BCUT2D eigenvalue weighted by molar-refractivity contribution is 5.69. The van der Waals surface area contributed by atoms with Crippen LogP contribution in [0.4, 0.5) is 0 Å². The van der Waals surface area contributed by atoms with Crippen LogP contribution < -0.4 is 9.47 Å². The van der Waals surface area contributed by atoms with Gasteiger partial charge in [-0.25, -0.2) is 0 Å². The van der Waals surface area contributed by atoms with Gasteiger partial charge in [0.15, 0.2) is 0 Å². The molecular weight excluding hydrogens is 250 g/mol. The molecule has 0 aliphatic heterocycles. The van der Waals surface area contributed by atoms with E-state index in [1.165, 1.54) is 5.56 Å². The van der Waals surface area contributed by atoms with Crippen LogP contribution in [0.3, 0.4) is 0 Å². The Morgan fingerprint density at radius 1 is 1.10 bits per heavy atom. The molecule has 3 heteroatoms. The molecule has 0 atom stereocenters. The fraction of sp³-hybridized carbons (Fsp3) is 0.353. The number of unbranched alkanes of at least 4 members (excludes halogenated alkanes) is 1. The van der Waals surface area contributed by atoms with E-state index in [0.717, 1.165) is 42.0 Å². The van der Waals surface area contributed by atoms with E-state index in [2.05, 4.69) is 11.9 Å². The molecule has 0 amide bonds. The minimum Gasteiger partial charge on any atom is -0.497 e. The van der Waals surface area contributed by atoms with Crippen molar-refractivity contribution in [3.63, 3.8) is 0 Å². The number of aromatic nitrogens is 1. The molecule has 0 aliphatic carbocycles. The summed E-state index contributed by atoms with van der Waals surface area (Å²) in [6.45, 7) is 2.19. The van der Waals surface area contributed by atoms with Crippen molar-refractivity contribution in [3.8, 4) is 22.8 Å². The second kappa shape index (κ2) is 6.94. The van der Waals surface area contributed by atoms with Gasteiger partial charge < -0.3 is 9.47 Å². The highest BCUT2D eigenvalue weighted by Crippen LogP contribution is 2.35. The maximum Gasteiger partial charge on any atom is 0.126 e. The van der Waals surface area contributed by atoms with Crippen molar-refractivity contribution in [1.82, 2.24) is 4.98 Å². The third kappa shape index (κ3) is 3.10. The second-order valence-electron chi connectivity index (χ2n) is 4.67. The van der Waals surface area contributed by atoms with Gasteiger partial charge in [-0.2, -0.15) is 0 Å². The van der Waals surface area contributed by atoms with E-state index in [1.807, 2.05) is 36.5 Å². The predicted molar refractivity (Wildman–Crippen MR) is 81.4 cm³/mol. The lowest BCUT2D eigenvalue weighted by Crippen LogP contribution is -1.98. The number of methoxy groups -OCH3 is 2. The normalized spacial score (nSPS) is 10.3. The molecule has 20 heavy (non-hydrogen) atoms. The molecule has 0 radical (unpaired) electrons. The average molecular weight is 271 g/mol. The van der Waals surface area contributed by atoms with Crippen LogP contribution in [-0.4, -0.2) is 19.2 Å². The maximum atomic E-state index is 5.54. The Hall–Kier alpha value is -2.03. The van der Waals surface area contributed by atoms with Gasteiger partial charge in [0.25, 0.3) is 0 Å². The first-order valence-electron chi connectivity index (χ1n) is 6.96. The molecule has 0 unspecified atom stereocenters. The molecule has 0 saturated heterocycles. The van der Waals surface area contributed by atoms with Crippen LogP contribution in [0.5, 0.6) is 11.5 Å². The van der Waals surface area contributed by atoms with E-state index in [9.17, 15) is 0 Å². The Morgan fingerprint density at radius 2 is 1.95 bits per heavy atom. The predicted octanol–water partition coefficient (Wildman–Crippen LogP) is 4.11. The summed E-state index contributed by atoms with van der Waals surface area (Å²) in [5.41, 5.74) is 3.25. The maximum absolute atomic E-state index is 5.54. The molecule has 1 heterocycles. The van der Waals surface area contributed by atoms with E-state index in [0.29, 0.717) is 0 Å². The van der Waals surface area contributed by atoms with Crippen LogP contribution in [0.2, 0.25) is 0 Å². The zero-order valence-electron chi connectivity index (χ0n) is 12.3. The summed E-state index contributed by atoms with van der Waals surface area (Å²) in [4.78, 5) is 4.46. The van der Waals surface area contributed by atoms with Crippen LogP contribution >= 0.6 is 0 Å². The largest absolute Gasteiger partial charge is 0.497 e. The van der Waals surface area contributed by atoms with E-state index in [1.54, 1.807) is 14.2 Å². The third-order valence-electron chi connectivity index (χ3n) is 3.36. The van der Waals surface area contributed by atoms with Crippen molar-refractivity contribution in [1.29, 1.82) is 0 Å². The number of pyridine rings is 1. The lowest BCUT2D eigenvalue weighted by molar-refractivity contribution is 0.391. The second-order valence-corrected chi connectivity index (χ2v) is 4.67. The number of rotatable bonds is 6. The number of benzene rings is 1. The van der Waals surface area contributed by atoms with Crippen LogP contribution in [-0.2, 0) is 6.42 Å². The molecule has 0 spiro atoms. The highest BCUT2D eigenvalue weighted by atomic mass is 16.5. The zero-order chi connectivity index (χ0) is 14.4. The van der Waals surface area contributed by atoms with E-state index >= 15 is 0 Å². The van der Waals surface area contributed by atoms with E-state index in [4.69, 9.17) is 9.47 Å². The number of hydrogen-bond donors (Lipinski definition) is 0. The molecular formula is C17H21NO2. The van der Waals surface area contributed by atoms with Gasteiger partial charge in [0.2, 0.25) is 0 Å². The molecule has 1 aromatic carbocycles. The van der Waals surface area contributed by atoms with Crippen molar-refractivity contribution in [2.45, 2.75) is 26.2 Å². The monoisotopic (exact) mass is 271 g/mol. The van der Waals surface area contributed by atoms with Crippen LogP contribution in [0, 0.1) is 0 Å². The van der Waals surface area contributed by atoms with Crippen molar-refractivity contribution in [2.75, 3.05) is 14.2 Å². The molecule has 0 aliphatic rings. The SMILES string of the molecule is CCCCc1c(OC)cc(OC)cc1-c1ccccn1. The first-order valence-corrected chi connectivity index (χ1v) is 6.96. The third-order valence-corrected chi connectivity index (χ3v) is 3.36. The van der Waals surface area contributed by atoms with Gasteiger partial charge in [0, 0.05) is 23.4 Å². The molecule has 3 nitrogen and oxygen atoms in total. The molecule has 2 rings (SSSR count). The van der Waals surface area contributed by atoms with Crippen molar-refractivity contribution in [2.24, 2.45) is 0 Å². The zero-order valence-corrected chi connectivity index (χ0v) is 12.3. The number of ether oxygens (including phenoxy) is 2. The number of hydrogen-bond acceptors (Lipinski definition) is 3. The lowest BCUT2D eigenvalue weighted by atomic mass is 9.97. The van der Waals surface area contributed by atoms with Gasteiger partial charge >= 0.3 is 0 Å². The topological polar surface area (TPSA) is 31.4 Å². The fourth-order valence-electron chi connectivity index (χ4n) is 2.28. The van der Waals surface area contributed by atoms with Gasteiger partial charge in [-0.15, -0.1) is 0 Å². The standard InChI is InChI=1S/C17H21NO2/c1-4-5-8-14-15(16-9-6-7-10-18-16)11-13(19-2)12-17(14)20-3/h6-7,9-12H,4-5,8H2,1-3H3. The summed E-state index contributed by atoms with van der Waals surface area (Å²) in [5, 5.41) is 0. The molecule has 0 saturated carbocycles. The molecule has 0 fully saturated rings. The Labute approximate surface area is 120 Å². The summed E-state index contributed by atoms with van der Waals surface area (Å²) in [6, 6.07) is 9.92. The smallest absolute Gasteiger partial charge is 0.126 e. The Balaban J connectivity index is 2.56. The van der Waals surface area contributed by atoms with Gasteiger partial charge in [-0.3, -0.25) is 4.98 Å². The van der Waals surface area contributed by atoms with Gasteiger partial charge in [-0.1, -0.05) is 19.4 Å². The van der Waals surface area contributed by atoms with E-state index in [-0.39, 0.29) is 0 Å². The van der Waals surface area contributed by atoms with E-state index < -0.39 is 0 Å². The van der Waals surface area contributed by atoms with Crippen molar-refractivity contribution in [3.05, 3.63) is 42.1 Å². The molecule has 0 N–H and O–H groups in total. The van der Waals surface area contributed by atoms with Crippen LogP contribution in [0.1, 0.15) is 25.3 Å². The molecule has 2 aromatic rings. The van der Waals surface area contributed by atoms with Crippen molar-refractivity contribution < 1.29 is 9.47 Å². The quantitative estimate of drug-likeness (QED) is 0.792. The van der Waals surface area contributed by atoms with Gasteiger partial charge in [0.05, 0.1) is 19.9 Å². The summed E-state index contributed by atoms with van der Waals surface area (Å²) in [6.07, 6.45) is 5.07. The molecule has 106 valence electrons. The Bertz CT molecular complexity index is 552. The summed E-state index contributed by atoms with van der Waals surface area (Å²) < 4.78 is 10.9. The van der Waals surface area contributed by atoms with Crippen molar-refractivity contribution >= 4 is 0 Å². The number of nitrogens with zero attached hydrogens (tertiary/aromatic N) is 1. The molecule has 0 bridgehead atoms. The summed E-state index contributed by atoms with van der Waals surface area (Å²) in [5.74, 6) is 1.67. The average Bonchev–Trinajstić information content (AvgIpc) is 2.52. The minimum atomic E-state index is 0.794. The molecule has 1 aromatic heterocycles. The van der Waals surface area contributed by atoms with Crippen LogP contribution in [0.25, 0.3) is 11.3 Å². The first-order chi connectivity index (χ1) is 9.80. The first kappa shape index (κ1) is 14.4. The summed E-state index contributed by atoms with van der Waals surface area (Å²) >= 11 is 0. The van der Waals surface area contributed by atoms with Gasteiger partial charge in [0.1, 0.15) is 11.5 Å². The highest BCUT2D eigenvalue weighted by Gasteiger charge is 2.14. The van der Waals surface area contributed by atoms with Crippen LogP contribution in [0.15, 0.2) is 36.5 Å². The Morgan fingerprint density at radius 3 is 2.55 bits per heavy atom. The lowest BCUT2D eigenvalue weighted by Gasteiger charge is -2.15. The Kier molecular flexibility index (Phi) is 4.99. The fourth-order valence-corrected chi connectivity index (χ4v) is 2.28.